The highest BCUT2D eigenvalue weighted by atomic mass is 79.9. The van der Waals surface area contributed by atoms with Gasteiger partial charge in [-0.25, -0.2) is 0 Å². The monoisotopic (exact) mass is 325 g/mol. The molecule has 2 fully saturated rings. The Balaban J connectivity index is 1.86. The highest BCUT2D eigenvalue weighted by molar-refractivity contribution is 9.10. The molecule has 1 aliphatic carbocycles. The van der Waals surface area contributed by atoms with E-state index in [0.29, 0.717) is 12.0 Å². The molecular formula is C15H20BrNO2. The molecule has 0 bridgehead atoms. The van der Waals surface area contributed by atoms with Gasteiger partial charge in [0.15, 0.2) is 11.5 Å². The van der Waals surface area contributed by atoms with E-state index in [1.165, 1.54) is 18.4 Å². The van der Waals surface area contributed by atoms with Gasteiger partial charge in [0.1, 0.15) is 0 Å². The number of ether oxygens (including phenoxy) is 2. The minimum Gasteiger partial charge on any atom is -0.493 e. The molecule has 2 aliphatic rings. The van der Waals surface area contributed by atoms with Crippen molar-refractivity contribution in [2.24, 2.45) is 0 Å². The summed E-state index contributed by atoms with van der Waals surface area (Å²) in [5.41, 5.74) is 1.33. The summed E-state index contributed by atoms with van der Waals surface area (Å²) in [4.78, 5) is 0. The SMILES string of the molecule is COc1cc(C2CCCNC2)cc(Br)c1OC1CC1. The van der Waals surface area contributed by atoms with Crippen LogP contribution in [0.3, 0.4) is 0 Å². The molecule has 0 spiro atoms. The molecule has 19 heavy (non-hydrogen) atoms. The smallest absolute Gasteiger partial charge is 0.175 e. The van der Waals surface area contributed by atoms with Gasteiger partial charge < -0.3 is 14.8 Å². The van der Waals surface area contributed by atoms with Gasteiger partial charge in [-0.2, -0.15) is 0 Å². The van der Waals surface area contributed by atoms with Crippen LogP contribution in [0.4, 0.5) is 0 Å². The summed E-state index contributed by atoms with van der Waals surface area (Å²) < 4.78 is 12.5. The van der Waals surface area contributed by atoms with Crippen LogP contribution in [-0.4, -0.2) is 26.3 Å². The Morgan fingerprint density at radius 3 is 2.74 bits per heavy atom. The number of halogens is 1. The molecule has 1 aliphatic heterocycles. The van der Waals surface area contributed by atoms with Crippen LogP contribution in [0.5, 0.6) is 11.5 Å². The summed E-state index contributed by atoms with van der Waals surface area (Å²) in [7, 11) is 1.71. The first-order valence-corrected chi connectivity index (χ1v) is 7.82. The van der Waals surface area contributed by atoms with Crippen LogP contribution in [0.25, 0.3) is 0 Å². The highest BCUT2D eigenvalue weighted by Crippen LogP contribution is 2.42. The summed E-state index contributed by atoms with van der Waals surface area (Å²) in [5, 5.41) is 3.46. The quantitative estimate of drug-likeness (QED) is 0.919. The Kier molecular flexibility index (Phi) is 3.99. The van der Waals surface area contributed by atoms with Crippen molar-refractivity contribution in [3.63, 3.8) is 0 Å². The third-order valence-electron chi connectivity index (χ3n) is 3.83. The fourth-order valence-corrected chi connectivity index (χ4v) is 3.13. The molecule has 1 atom stereocenters. The van der Waals surface area contributed by atoms with E-state index in [1.807, 2.05) is 0 Å². The second-order valence-electron chi connectivity index (χ2n) is 5.39. The van der Waals surface area contributed by atoms with Gasteiger partial charge in [0.05, 0.1) is 17.7 Å². The molecule has 0 radical (unpaired) electrons. The molecule has 0 amide bonds. The van der Waals surface area contributed by atoms with Gasteiger partial charge in [-0.15, -0.1) is 0 Å². The molecule has 1 aromatic rings. The number of piperidine rings is 1. The van der Waals surface area contributed by atoms with Crippen LogP contribution < -0.4 is 14.8 Å². The second kappa shape index (κ2) is 5.71. The second-order valence-corrected chi connectivity index (χ2v) is 6.25. The third-order valence-corrected chi connectivity index (χ3v) is 4.42. The minimum absolute atomic E-state index is 0.382. The van der Waals surface area contributed by atoms with E-state index in [1.54, 1.807) is 7.11 Å². The molecule has 104 valence electrons. The lowest BCUT2D eigenvalue weighted by Crippen LogP contribution is -2.28. The zero-order chi connectivity index (χ0) is 13.2. The maximum absolute atomic E-state index is 5.93. The van der Waals surface area contributed by atoms with Crippen molar-refractivity contribution < 1.29 is 9.47 Å². The molecule has 1 N–H and O–H groups in total. The van der Waals surface area contributed by atoms with Crippen molar-refractivity contribution in [1.82, 2.24) is 5.32 Å². The molecule has 0 aromatic heterocycles. The lowest BCUT2D eigenvalue weighted by Gasteiger charge is -2.24. The van der Waals surface area contributed by atoms with Gasteiger partial charge in [-0.1, -0.05) is 0 Å². The Hall–Kier alpha value is -0.740. The van der Waals surface area contributed by atoms with E-state index in [0.717, 1.165) is 41.9 Å². The first-order chi connectivity index (χ1) is 9.28. The number of rotatable bonds is 4. The lowest BCUT2D eigenvalue weighted by molar-refractivity contribution is 0.279. The molecule has 1 aromatic carbocycles. The van der Waals surface area contributed by atoms with Crippen LogP contribution in [0.2, 0.25) is 0 Å². The Bertz CT molecular complexity index is 454. The predicted octanol–water partition coefficient (Wildman–Crippen LogP) is 3.47. The largest absolute Gasteiger partial charge is 0.493 e. The number of nitrogens with one attached hydrogen (secondary N) is 1. The summed E-state index contributed by atoms with van der Waals surface area (Å²) >= 11 is 3.64. The molecule has 1 heterocycles. The van der Waals surface area contributed by atoms with Crippen LogP contribution in [0.15, 0.2) is 16.6 Å². The van der Waals surface area contributed by atoms with Crippen molar-refractivity contribution in [3.05, 3.63) is 22.2 Å². The maximum Gasteiger partial charge on any atom is 0.175 e. The molecule has 1 unspecified atom stereocenters. The van der Waals surface area contributed by atoms with E-state index < -0.39 is 0 Å². The van der Waals surface area contributed by atoms with E-state index in [9.17, 15) is 0 Å². The van der Waals surface area contributed by atoms with Gasteiger partial charge in [0.25, 0.3) is 0 Å². The fourth-order valence-electron chi connectivity index (χ4n) is 2.58. The maximum atomic E-state index is 5.93. The summed E-state index contributed by atoms with van der Waals surface area (Å²) in [6, 6.07) is 4.33. The van der Waals surface area contributed by atoms with E-state index in [4.69, 9.17) is 9.47 Å². The normalized spacial score (nSPS) is 23.2. The zero-order valence-electron chi connectivity index (χ0n) is 11.2. The molecule has 3 rings (SSSR count). The number of hydrogen-bond donors (Lipinski definition) is 1. The van der Waals surface area contributed by atoms with Gasteiger partial charge in [0.2, 0.25) is 0 Å². The van der Waals surface area contributed by atoms with E-state index in [-0.39, 0.29) is 0 Å². The Labute approximate surface area is 122 Å². The van der Waals surface area contributed by atoms with Gasteiger partial charge in [-0.3, -0.25) is 0 Å². The summed E-state index contributed by atoms with van der Waals surface area (Å²) in [5.74, 6) is 2.29. The first kappa shape index (κ1) is 13.3. The Morgan fingerprint density at radius 1 is 1.26 bits per heavy atom. The predicted molar refractivity (Wildman–Crippen MR) is 79.2 cm³/mol. The van der Waals surface area contributed by atoms with Gasteiger partial charge in [0, 0.05) is 6.54 Å². The van der Waals surface area contributed by atoms with E-state index >= 15 is 0 Å². The topological polar surface area (TPSA) is 30.5 Å². The van der Waals surface area contributed by atoms with Crippen molar-refractivity contribution in [1.29, 1.82) is 0 Å². The number of hydrogen-bond acceptors (Lipinski definition) is 3. The van der Waals surface area contributed by atoms with Gasteiger partial charge in [-0.05, 0) is 71.8 Å². The van der Waals surface area contributed by atoms with Crippen molar-refractivity contribution >= 4 is 15.9 Å². The molecule has 1 saturated carbocycles. The van der Waals surface area contributed by atoms with Crippen LogP contribution in [0, 0.1) is 0 Å². The molecule has 3 nitrogen and oxygen atoms in total. The van der Waals surface area contributed by atoms with Crippen LogP contribution in [-0.2, 0) is 0 Å². The molecule has 4 heteroatoms. The average Bonchev–Trinajstić information content (AvgIpc) is 3.26. The van der Waals surface area contributed by atoms with Crippen LogP contribution in [0.1, 0.15) is 37.2 Å². The summed E-state index contributed by atoms with van der Waals surface area (Å²) in [6.07, 6.45) is 5.18. The minimum atomic E-state index is 0.382. The molecular weight excluding hydrogens is 306 g/mol. The standard InChI is InChI=1S/C15H20BrNO2/c1-18-14-8-11(10-3-2-6-17-9-10)7-13(16)15(14)19-12-4-5-12/h7-8,10,12,17H,2-6,9H2,1H3. The van der Waals surface area contributed by atoms with E-state index in [2.05, 4.69) is 33.4 Å². The third kappa shape index (κ3) is 3.06. The lowest BCUT2D eigenvalue weighted by atomic mass is 9.91. The fraction of sp³-hybridized carbons (Fsp3) is 0.600. The van der Waals surface area contributed by atoms with Crippen LogP contribution >= 0.6 is 15.9 Å². The number of benzene rings is 1. The molecule has 1 saturated heterocycles. The van der Waals surface area contributed by atoms with Crippen molar-refractivity contribution in [2.45, 2.75) is 37.7 Å². The zero-order valence-corrected chi connectivity index (χ0v) is 12.8. The van der Waals surface area contributed by atoms with Gasteiger partial charge >= 0.3 is 0 Å². The van der Waals surface area contributed by atoms with Crippen molar-refractivity contribution in [2.75, 3.05) is 20.2 Å². The summed E-state index contributed by atoms with van der Waals surface area (Å²) in [6.45, 7) is 2.19. The average molecular weight is 326 g/mol. The highest BCUT2D eigenvalue weighted by Gasteiger charge is 2.27. The number of methoxy groups -OCH3 is 1. The first-order valence-electron chi connectivity index (χ1n) is 7.02. The van der Waals surface area contributed by atoms with Crippen molar-refractivity contribution in [3.8, 4) is 11.5 Å². The Morgan fingerprint density at radius 2 is 2.11 bits per heavy atom.